The Bertz CT molecular complexity index is 524. The standard InChI is InChI=1S/C15H19NO2/c1-9(2)16-13(17)11-7-6-10(15(3,4)5)8-12(11)14(16)18/h6-9H,1-5H3. The highest BCUT2D eigenvalue weighted by atomic mass is 16.2. The zero-order valence-electron chi connectivity index (χ0n) is 11.6. The van der Waals surface area contributed by atoms with Crippen molar-refractivity contribution in [3.63, 3.8) is 0 Å². The van der Waals surface area contributed by atoms with Crippen molar-refractivity contribution in [2.24, 2.45) is 0 Å². The monoisotopic (exact) mass is 245 g/mol. The Morgan fingerprint density at radius 2 is 1.56 bits per heavy atom. The fourth-order valence-corrected chi connectivity index (χ4v) is 2.19. The summed E-state index contributed by atoms with van der Waals surface area (Å²) in [4.78, 5) is 25.7. The maximum atomic E-state index is 12.2. The lowest BCUT2D eigenvalue weighted by molar-refractivity contribution is 0.0609. The second-order valence-corrected chi connectivity index (χ2v) is 6.08. The molecule has 0 saturated carbocycles. The number of imide groups is 1. The maximum absolute atomic E-state index is 12.2. The highest BCUT2D eigenvalue weighted by molar-refractivity contribution is 6.21. The first kappa shape index (κ1) is 12.8. The first-order valence-corrected chi connectivity index (χ1v) is 6.26. The molecule has 0 radical (unpaired) electrons. The van der Waals surface area contributed by atoms with E-state index in [1.54, 1.807) is 6.07 Å². The van der Waals surface area contributed by atoms with Crippen molar-refractivity contribution in [2.75, 3.05) is 0 Å². The van der Waals surface area contributed by atoms with E-state index in [0.29, 0.717) is 11.1 Å². The second kappa shape index (κ2) is 3.94. The molecule has 0 fully saturated rings. The molecule has 1 aromatic rings. The molecule has 0 bridgehead atoms. The minimum Gasteiger partial charge on any atom is -0.272 e. The number of rotatable bonds is 1. The van der Waals surface area contributed by atoms with E-state index in [1.165, 1.54) is 4.90 Å². The second-order valence-electron chi connectivity index (χ2n) is 6.08. The average molecular weight is 245 g/mol. The molecule has 0 spiro atoms. The largest absolute Gasteiger partial charge is 0.272 e. The molecule has 2 amide bonds. The normalized spacial score (nSPS) is 15.6. The van der Waals surface area contributed by atoms with Crippen LogP contribution in [0.25, 0.3) is 0 Å². The number of hydrogen-bond donors (Lipinski definition) is 0. The molecule has 1 aliphatic heterocycles. The first-order chi connectivity index (χ1) is 8.23. The number of fused-ring (bicyclic) bond motifs is 1. The van der Waals surface area contributed by atoms with Gasteiger partial charge in [-0.15, -0.1) is 0 Å². The lowest BCUT2D eigenvalue weighted by atomic mass is 9.85. The van der Waals surface area contributed by atoms with Crippen molar-refractivity contribution < 1.29 is 9.59 Å². The van der Waals surface area contributed by atoms with Crippen molar-refractivity contribution >= 4 is 11.8 Å². The minimum absolute atomic E-state index is 0.0242. The van der Waals surface area contributed by atoms with Gasteiger partial charge >= 0.3 is 0 Å². The van der Waals surface area contributed by atoms with Crippen LogP contribution in [-0.4, -0.2) is 22.8 Å². The van der Waals surface area contributed by atoms with Crippen LogP contribution in [0.2, 0.25) is 0 Å². The van der Waals surface area contributed by atoms with Gasteiger partial charge in [0, 0.05) is 6.04 Å². The van der Waals surface area contributed by atoms with Crippen molar-refractivity contribution in [1.29, 1.82) is 0 Å². The van der Waals surface area contributed by atoms with Gasteiger partial charge < -0.3 is 0 Å². The van der Waals surface area contributed by atoms with Gasteiger partial charge in [-0.3, -0.25) is 14.5 Å². The van der Waals surface area contributed by atoms with E-state index >= 15 is 0 Å². The highest BCUT2D eigenvalue weighted by Crippen LogP contribution is 2.30. The summed E-state index contributed by atoms with van der Waals surface area (Å²) in [5.74, 6) is -0.346. The lowest BCUT2D eigenvalue weighted by Gasteiger charge is -2.19. The number of carbonyl (C=O) groups excluding carboxylic acids is 2. The third-order valence-electron chi connectivity index (χ3n) is 3.30. The van der Waals surface area contributed by atoms with E-state index in [2.05, 4.69) is 20.8 Å². The van der Waals surface area contributed by atoms with Crippen LogP contribution in [-0.2, 0) is 5.41 Å². The molecular formula is C15H19NO2. The van der Waals surface area contributed by atoms with Crippen molar-refractivity contribution in [1.82, 2.24) is 4.90 Å². The average Bonchev–Trinajstić information content (AvgIpc) is 2.50. The molecule has 2 rings (SSSR count). The topological polar surface area (TPSA) is 37.4 Å². The fraction of sp³-hybridized carbons (Fsp3) is 0.467. The van der Waals surface area contributed by atoms with Crippen molar-refractivity contribution in [3.05, 3.63) is 34.9 Å². The Balaban J connectivity index is 2.53. The summed E-state index contributed by atoms with van der Waals surface area (Å²) in [5, 5.41) is 0. The van der Waals surface area contributed by atoms with Crippen LogP contribution in [0, 0.1) is 0 Å². The van der Waals surface area contributed by atoms with Crippen LogP contribution in [0.1, 0.15) is 60.9 Å². The summed E-state index contributed by atoms with van der Waals surface area (Å²) in [7, 11) is 0. The quantitative estimate of drug-likeness (QED) is 0.713. The van der Waals surface area contributed by atoms with E-state index in [0.717, 1.165) is 5.56 Å². The molecule has 0 aliphatic carbocycles. The minimum atomic E-state index is -0.176. The molecule has 1 aliphatic rings. The zero-order chi connectivity index (χ0) is 13.7. The van der Waals surface area contributed by atoms with Crippen LogP contribution in [0.3, 0.4) is 0 Å². The Kier molecular flexibility index (Phi) is 2.80. The van der Waals surface area contributed by atoms with E-state index in [-0.39, 0.29) is 23.3 Å². The molecule has 18 heavy (non-hydrogen) atoms. The highest BCUT2D eigenvalue weighted by Gasteiger charge is 2.37. The number of nitrogens with zero attached hydrogens (tertiary/aromatic N) is 1. The van der Waals surface area contributed by atoms with Gasteiger partial charge in [-0.2, -0.15) is 0 Å². The molecule has 1 heterocycles. The summed E-state index contributed by atoms with van der Waals surface area (Å²) in [6.45, 7) is 9.99. The molecule has 96 valence electrons. The van der Waals surface area contributed by atoms with Gasteiger partial charge in [0.25, 0.3) is 11.8 Å². The van der Waals surface area contributed by atoms with Gasteiger partial charge in [0.05, 0.1) is 11.1 Å². The number of carbonyl (C=O) groups is 2. The van der Waals surface area contributed by atoms with Crippen LogP contribution in [0.5, 0.6) is 0 Å². The van der Waals surface area contributed by atoms with E-state index in [9.17, 15) is 9.59 Å². The smallest absolute Gasteiger partial charge is 0.261 e. The third-order valence-corrected chi connectivity index (χ3v) is 3.30. The summed E-state index contributed by atoms with van der Waals surface area (Å²) >= 11 is 0. The first-order valence-electron chi connectivity index (χ1n) is 6.26. The van der Waals surface area contributed by atoms with Crippen molar-refractivity contribution in [2.45, 2.75) is 46.1 Å². The van der Waals surface area contributed by atoms with Crippen LogP contribution >= 0.6 is 0 Å². The molecule has 0 aromatic heterocycles. The fourth-order valence-electron chi connectivity index (χ4n) is 2.19. The molecule has 0 atom stereocenters. The maximum Gasteiger partial charge on any atom is 0.261 e. The summed E-state index contributed by atoms with van der Waals surface area (Å²) in [6.07, 6.45) is 0. The van der Waals surface area contributed by atoms with E-state index in [1.807, 2.05) is 26.0 Å². The molecule has 0 N–H and O–H groups in total. The van der Waals surface area contributed by atoms with Gasteiger partial charge in [-0.25, -0.2) is 0 Å². The van der Waals surface area contributed by atoms with Crippen LogP contribution in [0.4, 0.5) is 0 Å². The predicted molar refractivity (Wildman–Crippen MR) is 70.8 cm³/mol. The number of hydrogen-bond acceptors (Lipinski definition) is 2. The Labute approximate surface area is 108 Å². The van der Waals surface area contributed by atoms with Crippen LogP contribution in [0.15, 0.2) is 18.2 Å². The van der Waals surface area contributed by atoms with Gasteiger partial charge in [0.1, 0.15) is 0 Å². The molecule has 3 nitrogen and oxygen atoms in total. The summed E-state index contributed by atoms with van der Waals surface area (Å²) in [6, 6.07) is 5.47. The van der Waals surface area contributed by atoms with Gasteiger partial charge in [0.15, 0.2) is 0 Å². The number of amides is 2. The summed E-state index contributed by atoms with van der Waals surface area (Å²) < 4.78 is 0. The molecular weight excluding hydrogens is 226 g/mol. The Hall–Kier alpha value is -1.64. The molecule has 3 heteroatoms. The molecule has 0 saturated heterocycles. The van der Waals surface area contributed by atoms with E-state index < -0.39 is 0 Å². The molecule has 1 aromatic carbocycles. The van der Waals surface area contributed by atoms with Gasteiger partial charge in [-0.1, -0.05) is 26.8 Å². The Morgan fingerprint density at radius 3 is 2.06 bits per heavy atom. The van der Waals surface area contributed by atoms with E-state index in [4.69, 9.17) is 0 Å². The molecule has 0 unspecified atom stereocenters. The zero-order valence-corrected chi connectivity index (χ0v) is 11.6. The predicted octanol–water partition coefficient (Wildman–Crippen LogP) is 2.99. The summed E-state index contributed by atoms with van der Waals surface area (Å²) in [5.41, 5.74) is 2.12. The third kappa shape index (κ3) is 1.84. The van der Waals surface area contributed by atoms with Gasteiger partial charge in [-0.05, 0) is 37.0 Å². The van der Waals surface area contributed by atoms with Crippen LogP contribution < -0.4 is 0 Å². The Morgan fingerprint density at radius 1 is 1.00 bits per heavy atom. The van der Waals surface area contributed by atoms with Gasteiger partial charge in [0.2, 0.25) is 0 Å². The number of benzene rings is 1. The SMILES string of the molecule is CC(C)N1C(=O)c2ccc(C(C)(C)C)cc2C1=O. The van der Waals surface area contributed by atoms with Crippen molar-refractivity contribution in [3.8, 4) is 0 Å². The lowest BCUT2D eigenvalue weighted by Crippen LogP contribution is -2.35.